The Morgan fingerprint density at radius 1 is 1.26 bits per heavy atom. The minimum Gasteiger partial charge on any atom is -0.482 e. The van der Waals surface area contributed by atoms with Crippen molar-refractivity contribution in [3.63, 3.8) is 0 Å². The number of ether oxygens (including phenoxy) is 1. The van der Waals surface area contributed by atoms with Crippen LogP contribution in [0.2, 0.25) is 5.02 Å². The van der Waals surface area contributed by atoms with Crippen LogP contribution in [0, 0.1) is 5.82 Å². The average Bonchev–Trinajstić information content (AvgIpc) is 3.11. The lowest BCUT2D eigenvalue weighted by molar-refractivity contribution is -0.134. The number of aromatic amines is 1. The summed E-state index contributed by atoms with van der Waals surface area (Å²) in [5.74, 6) is 0.0761. The Balaban J connectivity index is 1.40. The van der Waals surface area contributed by atoms with Crippen molar-refractivity contribution in [2.45, 2.75) is 18.8 Å². The molecule has 1 unspecified atom stereocenters. The van der Waals surface area contributed by atoms with Gasteiger partial charge in [0.25, 0.3) is 5.91 Å². The number of nitrogens with one attached hydrogen (secondary N) is 1. The van der Waals surface area contributed by atoms with Crippen molar-refractivity contribution in [3.8, 4) is 5.75 Å². The fourth-order valence-corrected chi connectivity index (χ4v) is 3.82. The Bertz CT molecular complexity index is 939. The van der Waals surface area contributed by atoms with E-state index in [0.29, 0.717) is 12.3 Å². The molecule has 0 bridgehead atoms. The summed E-state index contributed by atoms with van der Waals surface area (Å²) < 4.78 is 18.6. The molecule has 4 rings (SSSR count). The van der Waals surface area contributed by atoms with Gasteiger partial charge in [0, 0.05) is 30.2 Å². The number of H-pyrrole nitrogens is 1. The molecule has 1 aromatic heterocycles. The number of hydrogen-bond donors (Lipinski definition) is 1. The van der Waals surface area contributed by atoms with E-state index in [0.717, 1.165) is 30.6 Å². The maximum absolute atomic E-state index is 13.1. The molecule has 1 fully saturated rings. The Morgan fingerprint density at radius 2 is 2.11 bits per heavy atom. The molecular weight excluding hydrogens is 367 g/mol. The van der Waals surface area contributed by atoms with E-state index >= 15 is 0 Å². The number of para-hydroxylation sites is 1. The second-order valence-electron chi connectivity index (χ2n) is 6.85. The Morgan fingerprint density at radius 3 is 2.93 bits per heavy atom. The molecular formula is C21H20ClFN2O2. The first kappa shape index (κ1) is 17.9. The molecule has 1 saturated heterocycles. The molecule has 2 heterocycles. The Hall–Kier alpha value is -2.53. The molecule has 3 aromatic rings. The first-order chi connectivity index (χ1) is 13.1. The lowest BCUT2D eigenvalue weighted by atomic mass is 9.94. The van der Waals surface area contributed by atoms with Gasteiger partial charge in [-0.1, -0.05) is 29.8 Å². The second kappa shape index (κ2) is 7.61. The monoisotopic (exact) mass is 386 g/mol. The fraction of sp³-hybridized carbons (Fsp3) is 0.286. The fourth-order valence-electron chi connectivity index (χ4n) is 3.60. The molecule has 27 heavy (non-hydrogen) atoms. The standard InChI is InChI=1S/C21H20ClFN2O2/c22-17-11-16(23)7-8-20(17)27-13-21(26)25-9-3-5-15(12-25)19-10-14-4-1-2-6-18(14)24-19/h1-2,4,6-8,10-11,15,24H,3,5,9,12-13H2. The number of rotatable bonds is 4. The first-order valence-electron chi connectivity index (χ1n) is 9.03. The Labute approximate surface area is 161 Å². The zero-order chi connectivity index (χ0) is 18.8. The number of nitrogens with zero attached hydrogens (tertiary/aromatic N) is 1. The minimum atomic E-state index is -0.434. The zero-order valence-corrected chi connectivity index (χ0v) is 15.5. The maximum atomic E-state index is 13.1. The van der Waals surface area contributed by atoms with Gasteiger partial charge in [-0.15, -0.1) is 0 Å². The normalized spacial score (nSPS) is 17.3. The second-order valence-corrected chi connectivity index (χ2v) is 7.26. The number of benzene rings is 2. The predicted molar refractivity (Wildman–Crippen MR) is 104 cm³/mol. The minimum absolute atomic E-state index is 0.0868. The van der Waals surface area contributed by atoms with Gasteiger partial charge in [0.05, 0.1) is 5.02 Å². The number of hydrogen-bond acceptors (Lipinski definition) is 2. The number of fused-ring (bicyclic) bond motifs is 1. The molecule has 0 spiro atoms. The van der Waals surface area contributed by atoms with Crippen molar-refractivity contribution >= 4 is 28.4 Å². The van der Waals surface area contributed by atoms with Crippen LogP contribution in [0.4, 0.5) is 4.39 Å². The van der Waals surface area contributed by atoms with Crippen molar-refractivity contribution in [3.05, 3.63) is 65.1 Å². The maximum Gasteiger partial charge on any atom is 0.260 e. The van der Waals surface area contributed by atoms with E-state index in [4.69, 9.17) is 16.3 Å². The van der Waals surface area contributed by atoms with Crippen molar-refractivity contribution in [2.75, 3.05) is 19.7 Å². The van der Waals surface area contributed by atoms with Gasteiger partial charge in [0.15, 0.2) is 6.61 Å². The van der Waals surface area contributed by atoms with Gasteiger partial charge in [-0.25, -0.2) is 4.39 Å². The third kappa shape index (κ3) is 3.93. The van der Waals surface area contributed by atoms with E-state index in [1.165, 1.54) is 23.6 Å². The van der Waals surface area contributed by atoms with Gasteiger partial charge in [-0.2, -0.15) is 0 Å². The molecule has 2 aromatic carbocycles. The van der Waals surface area contributed by atoms with Gasteiger partial charge in [0.1, 0.15) is 11.6 Å². The summed E-state index contributed by atoms with van der Waals surface area (Å²) >= 11 is 5.95. The summed E-state index contributed by atoms with van der Waals surface area (Å²) in [6.45, 7) is 1.27. The summed E-state index contributed by atoms with van der Waals surface area (Å²) in [5.41, 5.74) is 2.28. The summed E-state index contributed by atoms with van der Waals surface area (Å²) in [6.07, 6.45) is 1.99. The van der Waals surface area contributed by atoms with Crippen LogP contribution in [-0.4, -0.2) is 35.5 Å². The van der Waals surface area contributed by atoms with Crippen molar-refractivity contribution in [2.24, 2.45) is 0 Å². The van der Waals surface area contributed by atoms with Crippen LogP contribution in [-0.2, 0) is 4.79 Å². The molecule has 0 radical (unpaired) electrons. The van der Waals surface area contributed by atoms with Crippen LogP contribution >= 0.6 is 11.6 Å². The van der Waals surface area contributed by atoms with Crippen LogP contribution in [0.25, 0.3) is 10.9 Å². The van der Waals surface area contributed by atoms with Crippen LogP contribution in [0.15, 0.2) is 48.5 Å². The van der Waals surface area contributed by atoms with E-state index in [1.54, 1.807) is 0 Å². The van der Waals surface area contributed by atoms with Crippen molar-refractivity contribution in [1.82, 2.24) is 9.88 Å². The van der Waals surface area contributed by atoms with Crippen LogP contribution < -0.4 is 4.74 Å². The molecule has 140 valence electrons. The van der Waals surface area contributed by atoms with E-state index in [9.17, 15) is 9.18 Å². The summed E-state index contributed by atoms with van der Waals surface area (Å²) in [5, 5.41) is 1.35. The largest absolute Gasteiger partial charge is 0.482 e. The van der Waals surface area contributed by atoms with Gasteiger partial charge >= 0.3 is 0 Å². The van der Waals surface area contributed by atoms with Gasteiger partial charge in [0.2, 0.25) is 0 Å². The predicted octanol–water partition coefficient (Wildman–Crippen LogP) is 4.75. The number of piperidine rings is 1. The van der Waals surface area contributed by atoms with Crippen LogP contribution in [0.5, 0.6) is 5.75 Å². The molecule has 1 aliphatic rings. The first-order valence-corrected chi connectivity index (χ1v) is 9.41. The van der Waals surface area contributed by atoms with Crippen LogP contribution in [0.3, 0.4) is 0 Å². The number of carbonyl (C=O) groups is 1. The van der Waals surface area contributed by atoms with Gasteiger partial charge < -0.3 is 14.6 Å². The number of amides is 1. The molecule has 0 saturated carbocycles. The van der Waals surface area contributed by atoms with Crippen molar-refractivity contribution < 1.29 is 13.9 Å². The van der Waals surface area contributed by atoms with Crippen molar-refractivity contribution in [1.29, 1.82) is 0 Å². The molecule has 1 amide bonds. The number of likely N-dealkylation sites (tertiary alicyclic amines) is 1. The lowest BCUT2D eigenvalue weighted by Gasteiger charge is -2.32. The quantitative estimate of drug-likeness (QED) is 0.703. The average molecular weight is 387 g/mol. The summed E-state index contributed by atoms with van der Waals surface area (Å²) in [6, 6.07) is 14.2. The topological polar surface area (TPSA) is 45.3 Å². The molecule has 1 aliphatic heterocycles. The highest BCUT2D eigenvalue weighted by Crippen LogP contribution is 2.29. The number of carbonyl (C=O) groups excluding carboxylic acids is 1. The number of halogens is 2. The third-order valence-corrected chi connectivity index (χ3v) is 5.31. The smallest absolute Gasteiger partial charge is 0.260 e. The molecule has 1 atom stereocenters. The Kier molecular flexibility index (Phi) is 5.03. The van der Waals surface area contributed by atoms with E-state index in [2.05, 4.69) is 23.2 Å². The number of aromatic nitrogens is 1. The highest BCUT2D eigenvalue weighted by molar-refractivity contribution is 6.32. The third-order valence-electron chi connectivity index (χ3n) is 5.01. The van der Waals surface area contributed by atoms with E-state index < -0.39 is 5.82 Å². The molecule has 0 aliphatic carbocycles. The molecule has 4 nitrogen and oxygen atoms in total. The SMILES string of the molecule is O=C(COc1ccc(F)cc1Cl)N1CCCC(c2cc3ccccc3[nH]2)C1. The lowest BCUT2D eigenvalue weighted by Crippen LogP contribution is -2.41. The van der Waals surface area contributed by atoms with Gasteiger partial charge in [-0.3, -0.25) is 4.79 Å². The van der Waals surface area contributed by atoms with E-state index in [-0.39, 0.29) is 23.5 Å². The summed E-state index contributed by atoms with van der Waals surface area (Å²) in [4.78, 5) is 17.9. The molecule has 6 heteroatoms. The van der Waals surface area contributed by atoms with Crippen LogP contribution in [0.1, 0.15) is 24.5 Å². The highest BCUT2D eigenvalue weighted by atomic mass is 35.5. The highest BCUT2D eigenvalue weighted by Gasteiger charge is 2.26. The zero-order valence-electron chi connectivity index (χ0n) is 14.8. The molecule has 1 N–H and O–H groups in total. The van der Waals surface area contributed by atoms with E-state index in [1.807, 2.05) is 17.0 Å². The summed E-state index contributed by atoms with van der Waals surface area (Å²) in [7, 11) is 0. The van der Waals surface area contributed by atoms with Gasteiger partial charge in [-0.05, 0) is 48.6 Å².